The third-order valence-electron chi connectivity index (χ3n) is 5.04. The second kappa shape index (κ2) is 8.33. The van der Waals surface area contributed by atoms with Gasteiger partial charge in [-0.3, -0.25) is 4.90 Å². The molecule has 0 atom stereocenters. The fourth-order valence-corrected chi connectivity index (χ4v) is 5.29. The minimum Gasteiger partial charge on any atom is -0.493 e. The number of carbonyl (C=O) groups excluding carboxylic acids is 1. The molecule has 0 radical (unpaired) electrons. The van der Waals surface area contributed by atoms with Gasteiger partial charge in [-0.25, -0.2) is 17.6 Å². The number of ether oxygens (including phenoxy) is 2. The molecule has 0 N–H and O–H groups in total. The molecule has 2 amide bonds. The number of sulfonamides is 1. The molecular formula is C22H18ClFN2O5S. The molecule has 3 aromatic rings. The van der Waals surface area contributed by atoms with Crippen molar-refractivity contribution in [1.29, 1.82) is 0 Å². The van der Waals surface area contributed by atoms with Gasteiger partial charge in [-0.2, -0.15) is 4.31 Å². The van der Waals surface area contributed by atoms with Crippen LogP contribution in [0.15, 0.2) is 65.6 Å². The van der Waals surface area contributed by atoms with Crippen molar-refractivity contribution in [2.75, 3.05) is 23.4 Å². The molecule has 0 fully saturated rings. The van der Waals surface area contributed by atoms with E-state index in [9.17, 15) is 17.6 Å². The molecule has 7 nitrogen and oxygen atoms in total. The highest BCUT2D eigenvalue weighted by Gasteiger charge is 2.43. The predicted octanol–water partition coefficient (Wildman–Crippen LogP) is 4.83. The molecule has 3 aromatic carbocycles. The Morgan fingerprint density at radius 1 is 0.969 bits per heavy atom. The van der Waals surface area contributed by atoms with E-state index in [0.29, 0.717) is 10.1 Å². The minimum absolute atomic E-state index is 0.0544. The fourth-order valence-electron chi connectivity index (χ4n) is 3.51. The molecule has 1 aliphatic rings. The molecule has 166 valence electrons. The summed E-state index contributed by atoms with van der Waals surface area (Å²) in [7, 11) is -1.40. The number of rotatable bonds is 5. The summed E-state index contributed by atoms with van der Waals surface area (Å²) < 4.78 is 52.5. The summed E-state index contributed by atoms with van der Waals surface area (Å²) in [5.74, 6) is -0.0544. The summed E-state index contributed by atoms with van der Waals surface area (Å²) in [5.41, 5.74) is 0.347. The Bertz CT molecular complexity index is 1320. The largest absolute Gasteiger partial charge is 0.493 e. The highest BCUT2D eigenvalue weighted by atomic mass is 35.5. The summed E-state index contributed by atoms with van der Waals surface area (Å²) in [6.45, 7) is -0.221. The molecule has 0 saturated heterocycles. The fraction of sp³-hybridized carbons (Fsp3) is 0.136. The molecule has 0 bridgehead atoms. The maximum Gasteiger partial charge on any atom is 0.343 e. The van der Waals surface area contributed by atoms with Crippen molar-refractivity contribution in [3.8, 4) is 11.5 Å². The lowest BCUT2D eigenvalue weighted by molar-refractivity contribution is 0.253. The number of hydrogen-bond acceptors (Lipinski definition) is 5. The number of nitrogens with zero attached hydrogens (tertiary/aromatic N) is 2. The molecule has 0 aliphatic carbocycles. The lowest BCUT2D eigenvalue weighted by Gasteiger charge is -2.36. The van der Waals surface area contributed by atoms with Crippen molar-refractivity contribution in [2.45, 2.75) is 11.4 Å². The van der Waals surface area contributed by atoms with Gasteiger partial charge in [0, 0.05) is 11.6 Å². The van der Waals surface area contributed by atoms with E-state index in [1.54, 1.807) is 18.2 Å². The highest BCUT2D eigenvalue weighted by Crippen LogP contribution is 2.40. The second-order valence-corrected chi connectivity index (χ2v) is 9.02. The van der Waals surface area contributed by atoms with Gasteiger partial charge in [0.05, 0.1) is 37.2 Å². The first-order chi connectivity index (χ1) is 15.3. The molecule has 0 saturated carbocycles. The van der Waals surface area contributed by atoms with Gasteiger partial charge in [0.1, 0.15) is 10.7 Å². The van der Waals surface area contributed by atoms with Crippen molar-refractivity contribution in [2.24, 2.45) is 0 Å². The zero-order valence-corrected chi connectivity index (χ0v) is 18.7. The molecule has 0 unspecified atom stereocenters. The Balaban J connectivity index is 1.88. The smallest absolute Gasteiger partial charge is 0.343 e. The molecule has 1 aliphatic heterocycles. The Morgan fingerprint density at radius 3 is 2.41 bits per heavy atom. The quantitative estimate of drug-likeness (QED) is 0.527. The Kier molecular flexibility index (Phi) is 5.70. The maximum atomic E-state index is 14.6. The molecule has 1 heterocycles. The van der Waals surface area contributed by atoms with E-state index in [1.807, 2.05) is 0 Å². The van der Waals surface area contributed by atoms with Crippen molar-refractivity contribution < 1.29 is 27.1 Å². The Morgan fingerprint density at radius 2 is 1.69 bits per heavy atom. The van der Waals surface area contributed by atoms with E-state index >= 15 is 0 Å². The van der Waals surface area contributed by atoms with E-state index in [4.69, 9.17) is 21.1 Å². The summed E-state index contributed by atoms with van der Waals surface area (Å²) in [5, 5.41) is -0.0930. The molecule has 32 heavy (non-hydrogen) atoms. The number of para-hydroxylation sites is 1. The monoisotopic (exact) mass is 476 g/mol. The van der Waals surface area contributed by atoms with Crippen LogP contribution in [0.1, 0.15) is 5.56 Å². The molecule has 0 aromatic heterocycles. The number of anilines is 2. The van der Waals surface area contributed by atoms with Gasteiger partial charge >= 0.3 is 6.03 Å². The molecular weight excluding hydrogens is 459 g/mol. The summed E-state index contributed by atoms with van der Waals surface area (Å²) in [6.07, 6.45) is 0. The van der Waals surface area contributed by atoms with Gasteiger partial charge in [0.25, 0.3) is 10.0 Å². The third kappa shape index (κ3) is 3.53. The van der Waals surface area contributed by atoms with Crippen LogP contribution in [0.3, 0.4) is 0 Å². The first-order valence-corrected chi connectivity index (χ1v) is 11.2. The summed E-state index contributed by atoms with van der Waals surface area (Å²) in [4.78, 5) is 14.6. The molecule has 4 rings (SSSR count). The van der Waals surface area contributed by atoms with Gasteiger partial charge in [0.15, 0.2) is 11.5 Å². The highest BCUT2D eigenvalue weighted by molar-refractivity contribution is 7.94. The minimum atomic E-state index is -4.25. The van der Waals surface area contributed by atoms with Crippen molar-refractivity contribution >= 4 is 39.0 Å². The van der Waals surface area contributed by atoms with Crippen molar-refractivity contribution in [3.63, 3.8) is 0 Å². The average molecular weight is 477 g/mol. The van der Waals surface area contributed by atoms with Gasteiger partial charge in [0.2, 0.25) is 0 Å². The van der Waals surface area contributed by atoms with Crippen LogP contribution in [0.25, 0.3) is 0 Å². The topological polar surface area (TPSA) is 76.2 Å². The van der Waals surface area contributed by atoms with Gasteiger partial charge in [-0.1, -0.05) is 35.9 Å². The number of urea groups is 1. The standard InChI is InChI=1S/C22H18ClFN2O5S/c1-30-18-11-10-15(12-19(18)31-2)26-22(27)25(13-14-6-5-7-16(23)21(14)24)17-8-3-4-9-20(17)32(26,28)29/h3-12H,13H2,1-2H3. The predicted molar refractivity (Wildman–Crippen MR) is 119 cm³/mol. The lowest BCUT2D eigenvalue weighted by Crippen LogP contribution is -2.50. The van der Waals surface area contributed by atoms with Crippen LogP contribution < -0.4 is 18.7 Å². The number of methoxy groups -OCH3 is 2. The van der Waals surface area contributed by atoms with Gasteiger partial charge in [-0.05, 0) is 30.3 Å². The Labute approximate surface area is 189 Å². The molecule has 10 heteroatoms. The van der Waals surface area contributed by atoms with E-state index < -0.39 is 21.9 Å². The van der Waals surface area contributed by atoms with E-state index in [2.05, 4.69) is 0 Å². The maximum absolute atomic E-state index is 14.6. The summed E-state index contributed by atoms with van der Waals surface area (Å²) >= 11 is 5.89. The van der Waals surface area contributed by atoms with Gasteiger partial charge < -0.3 is 9.47 Å². The van der Waals surface area contributed by atoms with Crippen LogP contribution in [-0.2, 0) is 16.6 Å². The first kappa shape index (κ1) is 21.9. The van der Waals surface area contributed by atoms with E-state index in [0.717, 1.165) is 0 Å². The van der Waals surface area contributed by atoms with E-state index in [-0.39, 0.29) is 39.2 Å². The average Bonchev–Trinajstić information content (AvgIpc) is 2.79. The first-order valence-electron chi connectivity index (χ1n) is 9.40. The van der Waals surface area contributed by atoms with Crippen LogP contribution >= 0.6 is 11.6 Å². The number of halogens is 2. The number of carbonyl (C=O) groups is 1. The third-order valence-corrected chi connectivity index (χ3v) is 7.08. The SMILES string of the molecule is COc1ccc(N2C(=O)N(Cc3cccc(Cl)c3F)c3ccccc3S2(=O)=O)cc1OC. The Hall–Kier alpha value is -3.30. The second-order valence-electron chi connectivity index (χ2n) is 6.86. The number of fused-ring (bicyclic) bond motifs is 1. The van der Waals surface area contributed by atoms with Gasteiger partial charge in [-0.15, -0.1) is 0 Å². The van der Waals surface area contributed by atoms with Crippen LogP contribution in [0.2, 0.25) is 5.02 Å². The van der Waals surface area contributed by atoms with Crippen LogP contribution in [-0.4, -0.2) is 28.7 Å². The van der Waals surface area contributed by atoms with E-state index in [1.165, 1.54) is 61.6 Å². The normalized spacial score (nSPS) is 14.8. The van der Waals surface area contributed by atoms with Crippen molar-refractivity contribution in [1.82, 2.24) is 0 Å². The van der Waals surface area contributed by atoms with Crippen LogP contribution in [0.5, 0.6) is 11.5 Å². The van der Waals surface area contributed by atoms with Crippen molar-refractivity contribution in [3.05, 3.63) is 77.1 Å². The van der Waals surface area contributed by atoms with Crippen LogP contribution in [0, 0.1) is 5.82 Å². The summed E-state index contributed by atoms with van der Waals surface area (Å²) in [6, 6.07) is 14.0. The number of amides is 2. The molecule has 0 spiro atoms. The number of benzene rings is 3. The van der Waals surface area contributed by atoms with Crippen LogP contribution in [0.4, 0.5) is 20.6 Å². The zero-order valence-electron chi connectivity index (χ0n) is 17.1. The zero-order chi connectivity index (χ0) is 23.0. The number of hydrogen-bond donors (Lipinski definition) is 0. The lowest BCUT2D eigenvalue weighted by atomic mass is 10.2.